The van der Waals surface area contributed by atoms with Crippen LogP contribution in [0, 0.1) is 0 Å². The molecule has 142 valence electrons. The van der Waals surface area contributed by atoms with Gasteiger partial charge in [-0.3, -0.25) is 14.4 Å². The second-order valence-corrected chi connectivity index (χ2v) is 7.04. The van der Waals surface area contributed by atoms with Gasteiger partial charge in [0.2, 0.25) is 5.91 Å². The Kier molecular flexibility index (Phi) is 6.03. The molecule has 7 nitrogen and oxygen atoms in total. The molecule has 0 aliphatic carbocycles. The van der Waals surface area contributed by atoms with Crippen LogP contribution >= 0.6 is 22.9 Å². The molecule has 3 aromatic rings. The number of pyridine rings is 1. The van der Waals surface area contributed by atoms with Crippen LogP contribution in [0.1, 0.15) is 27.6 Å². The van der Waals surface area contributed by atoms with Crippen LogP contribution < -0.4 is 16.0 Å². The molecule has 28 heavy (non-hydrogen) atoms. The normalized spacial score (nSPS) is 10.2. The van der Waals surface area contributed by atoms with Crippen LogP contribution in [0.4, 0.5) is 16.5 Å². The molecule has 0 aliphatic rings. The van der Waals surface area contributed by atoms with Crippen LogP contribution in [0.5, 0.6) is 0 Å². The minimum Gasteiger partial charge on any atom is -0.322 e. The lowest BCUT2D eigenvalue weighted by Gasteiger charge is -2.09. The molecule has 0 spiro atoms. The Morgan fingerprint density at radius 3 is 2.43 bits per heavy atom. The van der Waals surface area contributed by atoms with Crippen molar-refractivity contribution in [2.24, 2.45) is 0 Å². The molecule has 2 aromatic heterocycles. The lowest BCUT2D eigenvalue weighted by molar-refractivity contribution is -0.114. The van der Waals surface area contributed by atoms with E-state index in [-0.39, 0.29) is 17.6 Å². The van der Waals surface area contributed by atoms with Crippen molar-refractivity contribution in [3.8, 4) is 0 Å². The van der Waals surface area contributed by atoms with E-state index in [0.29, 0.717) is 26.8 Å². The Hall–Kier alpha value is -3.23. The van der Waals surface area contributed by atoms with Gasteiger partial charge in [0.05, 0.1) is 5.56 Å². The van der Waals surface area contributed by atoms with Gasteiger partial charge in [0.1, 0.15) is 10.8 Å². The third-order valence-electron chi connectivity index (χ3n) is 3.57. The van der Waals surface area contributed by atoms with E-state index >= 15 is 0 Å². The third-order valence-corrected chi connectivity index (χ3v) is 4.65. The molecular weight excluding hydrogens is 400 g/mol. The van der Waals surface area contributed by atoms with Crippen LogP contribution in [-0.4, -0.2) is 22.7 Å². The fourth-order valence-corrected chi connectivity index (χ4v) is 3.22. The fourth-order valence-electron chi connectivity index (χ4n) is 2.31. The van der Waals surface area contributed by atoms with Gasteiger partial charge >= 0.3 is 0 Å². The molecule has 0 bridgehead atoms. The maximum absolute atomic E-state index is 12.5. The number of benzene rings is 1. The molecular formula is C19H15ClN4O3S. The first kappa shape index (κ1) is 19.5. The van der Waals surface area contributed by atoms with Gasteiger partial charge in [0.15, 0.2) is 0 Å². The van der Waals surface area contributed by atoms with E-state index in [1.54, 1.807) is 35.7 Å². The number of hydrogen-bond donors (Lipinski definition) is 3. The van der Waals surface area contributed by atoms with Gasteiger partial charge in [-0.1, -0.05) is 11.6 Å². The van der Waals surface area contributed by atoms with E-state index in [1.165, 1.54) is 36.6 Å². The van der Waals surface area contributed by atoms with Gasteiger partial charge < -0.3 is 16.0 Å². The van der Waals surface area contributed by atoms with Crippen molar-refractivity contribution in [1.29, 1.82) is 0 Å². The van der Waals surface area contributed by atoms with Gasteiger partial charge in [0, 0.05) is 29.4 Å². The van der Waals surface area contributed by atoms with E-state index in [0.717, 1.165) is 0 Å². The van der Waals surface area contributed by atoms with Crippen molar-refractivity contribution in [1.82, 2.24) is 4.98 Å². The zero-order valence-electron chi connectivity index (χ0n) is 14.7. The van der Waals surface area contributed by atoms with Gasteiger partial charge in [-0.2, -0.15) is 0 Å². The molecule has 9 heteroatoms. The summed E-state index contributed by atoms with van der Waals surface area (Å²) in [5.74, 6) is -0.791. The smallest absolute Gasteiger partial charge is 0.258 e. The molecule has 3 N–H and O–H groups in total. The number of hydrogen-bond acceptors (Lipinski definition) is 5. The summed E-state index contributed by atoms with van der Waals surface area (Å²) < 4.78 is 0. The van der Waals surface area contributed by atoms with Gasteiger partial charge in [-0.05, 0) is 47.8 Å². The number of carbonyl (C=O) groups excluding carboxylic acids is 3. The number of anilines is 3. The second kappa shape index (κ2) is 8.64. The zero-order valence-corrected chi connectivity index (χ0v) is 16.2. The standard InChI is InChI=1S/C19H15ClN4O3S/c1-11(25)22-16-10-12(6-8-21-16)17(26)24-19-15(7-9-28-19)18(27)23-14-4-2-13(20)3-5-14/h2-10H,1H3,(H,23,27)(H,24,26)(H,21,22,25). The average molecular weight is 415 g/mol. The number of thiophene rings is 1. The quantitative estimate of drug-likeness (QED) is 0.580. The van der Waals surface area contributed by atoms with E-state index < -0.39 is 5.91 Å². The SMILES string of the molecule is CC(=O)Nc1cc(C(=O)Nc2sccc2C(=O)Nc2ccc(Cl)cc2)ccn1. The second-order valence-electron chi connectivity index (χ2n) is 5.69. The molecule has 0 saturated carbocycles. The predicted molar refractivity (Wildman–Crippen MR) is 110 cm³/mol. The Balaban J connectivity index is 1.73. The first-order valence-corrected chi connectivity index (χ1v) is 9.37. The molecule has 1 aromatic carbocycles. The summed E-state index contributed by atoms with van der Waals surface area (Å²) in [6.07, 6.45) is 1.42. The van der Waals surface area contributed by atoms with Gasteiger partial charge in [-0.15, -0.1) is 11.3 Å². The number of amides is 3. The van der Waals surface area contributed by atoms with Crippen molar-refractivity contribution < 1.29 is 14.4 Å². The number of halogens is 1. The molecule has 0 fully saturated rings. The zero-order chi connectivity index (χ0) is 20.1. The summed E-state index contributed by atoms with van der Waals surface area (Å²) in [4.78, 5) is 40.2. The van der Waals surface area contributed by atoms with Crippen LogP contribution in [0.25, 0.3) is 0 Å². The first-order valence-electron chi connectivity index (χ1n) is 8.12. The lowest BCUT2D eigenvalue weighted by atomic mass is 10.2. The summed E-state index contributed by atoms with van der Waals surface area (Å²) in [7, 11) is 0. The number of carbonyl (C=O) groups is 3. The molecule has 0 unspecified atom stereocenters. The van der Waals surface area contributed by atoms with Crippen molar-refractivity contribution in [2.45, 2.75) is 6.92 Å². The molecule has 2 heterocycles. The van der Waals surface area contributed by atoms with Crippen molar-refractivity contribution >= 4 is 57.2 Å². The number of rotatable bonds is 5. The van der Waals surface area contributed by atoms with E-state index in [2.05, 4.69) is 20.9 Å². The maximum Gasteiger partial charge on any atom is 0.258 e. The number of nitrogens with zero attached hydrogens (tertiary/aromatic N) is 1. The highest BCUT2D eigenvalue weighted by molar-refractivity contribution is 7.14. The molecule has 0 radical (unpaired) electrons. The van der Waals surface area contributed by atoms with Crippen LogP contribution in [-0.2, 0) is 4.79 Å². The largest absolute Gasteiger partial charge is 0.322 e. The minimum atomic E-state index is -0.419. The van der Waals surface area contributed by atoms with Crippen molar-refractivity contribution in [3.63, 3.8) is 0 Å². The molecule has 0 atom stereocenters. The molecule has 3 amide bonds. The highest BCUT2D eigenvalue weighted by Gasteiger charge is 2.16. The summed E-state index contributed by atoms with van der Waals surface area (Å²) in [6.45, 7) is 1.35. The molecule has 0 saturated heterocycles. The summed E-state index contributed by atoms with van der Waals surface area (Å²) in [5, 5.41) is 10.7. The van der Waals surface area contributed by atoms with E-state index in [9.17, 15) is 14.4 Å². The fraction of sp³-hybridized carbons (Fsp3) is 0.0526. The topological polar surface area (TPSA) is 100 Å². The predicted octanol–water partition coefficient (Wildman–Crippen LogP) is 4.26. The minimum absolute atomic E-state index is 0.270. The summed E-state index contributed by atoms with van der Waals surface area (Å²) >= 11 is 7.07. The lowest BCUT2D eigenvalue weighted by Crippen LogP contribution is -2.17. The first-order chi connectivity index (χ1) is 13.4. The maximum atomic E-state index is 12.5. The van der Waals surface area contributed by atoms with Crippen LogP contribution in [0.2, 0.25) is 5.02 Å². The molecule has 3 rings (SSSR count). The van der Waals surface area contributed by atoms with Crippen LogP contribution in [0.15, 0.2) is 54.0 Å². The van der Waals surface area contributed by atoms with E-state index in [4.69, 9.17) is 11.6 Å². The highest BCUT2D eigenvalue weighted by atomic mass is 35.5. The highest BCUT2D eigenvalue weighted by Crippen LogP contribution is 2.25. The van der Waals surface area contributed by atoms with Gasteiger partial charge in [0.25, 0.3) is 11.8 Å². The summed E-state index contributed by atoms with van der Waals surface area (Å²) in [6, 6.07) is 11.3. The number of aromatic nitrogens is 1. The third kappa shape index (κ3) is 4.93. The van der Waals surface area contributed by atoms with Crippen molar-refractivity contribution in [2.75, 3.05) is 16.0 Å². The van der Waals surface area contributed by atoms with E-state index in [1.807, 2.05) is 0 Å². The Morgan fingerprint density at radius 1 is 0.964 bits per heavy atom. The molecule has 0 aliphatic heterocycles. The number of nitrogens with one attached hydrogen (secondary N) is 3. The Bertz CT molecular complexity index is 1030. The average Bonchev–Trinajstić information content (AvgIpc) is 3.11. The summed E-state index contributed by atoms with van der Waals surface area (Å²) in [5.41, 5.74) is 1.23. The Morgan fingerprint density at radius 2 is 1.71 bits per heavy atom. The Labute approximate surface area is 169 Å². The van der Waals surface area contributed by atoms with Crippen molar-refractivity contribution in [3.05, 3.63) is 70.2 Å². The van der Waals surface area contributed by atoms with Crippen LogP contribution in [0.3, 0.4) is 0 Å². The van der Waals surface area contributed by atoms with Gasteiger partial charge in [-0.25, -0.2) is 4.98 Å². The monoisotopic (exact) mass is 414 g/mol.